The molecule has 0 bridgehead atoms. The fourth-order valence-corrected chi connectivity index (χ4v) is 10.8. The second kappa shape index (κ2) is 13.6. The second-order valence-corrected chi connectivity index (χ2v) is 16.7. The Bertz CT molecular complexity index is 3660. The normalized spacial score (nSPS) is 11.8. The highest BCUT2D eigenvalue weighted by Gasteiger charge is 2.28. The summed E-state index contributed by atoms with van der Waals surface area (Å²) in [5, 5.41) is 9.89. The zero-order chi connectivity index (χ0) is 39.9. The van der Waals surface area contributed by atoms with Crippen LogP contribution in [0.1, 0.15) is 11.1 Å². The summed E-state index contributed by atoms with van der Waals surface area (Å²) in [6, 6.07) is 67.6. The van der Waals surface area contributed by atoms with Crippen LogP contribution >= 0.6 is 11.3 Å². The SMILES string of the molecule is Cc1c(-c2c(C)c3c(c4ccccc24)c2c4ccccc4ccc2n3-c2nc3sc(-c4ccccc4)c(-c4ccccc4)c3nc2-c2ccccc2)ccc2ccccc12. The van der Waals surface area contributed by atoms with E-state index < -0.39 is 0 Å². The molecule has 0 unspecified atom stereocenters. The number of aryl methyl sites for hydroxylation is 2. The van der Waals surface area contributed by atoms with Crippen LogP contribution in [0.4, 0.5) is 0 Å². The molecule has 12 aromatic rings. The summed E-state index contributed by atoms with van der Waals surface area (Å²) in [6.45, 7) is 4.59. The minimum atomic E-state index is 0.823. The van der Waals surface area contributed by atoms with Gasteiger partial charge in [0.15, 0.2) is 5.82 Å². The molecule has 9 aromatic carbocycles. The molecule has 0 saturated heterocycles. The Labute approximate surface area is 351 Å². The number of fused-ring (bicyclic) bond motifs is 9. The highest BCUT2D eigenvalue weighted by molar-refractivity contribution is 7.22. The number of hydrogen-bond donors (Lipinski definition) is 0. The minimum Gasteiger partial charge on any atom is -0.292 e. The van der Waals surface area contributed by atoms with Crippen LogP contribution in [0.3, 0.4) is 0 Å². The van der Waals surface area contributed by atoms with Gasteiger partial charge in [-0.15, -0.1) is 11.3 Å². The molecule has 3 aromatic heterocycles. The highest BCUT2D eigenvalue weighted by Crippen LogP contribution is 2.49. The lowest BCUT2D eigenvalue weighted by atomic mass is 9.87. The van der Waals surface area contributed by atoms with Gasteiger partial charge in [0, 0.05) is 26.8 Å². The van der Waals surface area contributed by atoms with Crippen molar-refractivity contribution in [2.24, 2.45) is 0 Å². The number of benzene rings is 9. The van der Waals surface area contributed by atoms with E-state index in [1.54, 1.807) is 11.3 Å². The lowest BCUT2D eigenvalue weighted by Crippen LogP contribution is -2.04. The van der Waals surface area contributed by atoms with Gasteiger partial charge in [-0.25, -0.2) is 9.97 Å². The van der Waals surface area contributed by atoms with Crippen LogP contribution in [0.5, 0.6) is 0 Å². The Hall–Kier alpha value is -7.40. The quantitative estimate of drug-likeness (QED) is 0.174. The van der Waals surface area contributed by atoms with E-state index >= 15 is 0 Å². The third-order valence-corrected chi connectivity index (χ3v) is 13.5. The van der Waals surface area contributed by atoms with Crippen molar-refractivity contribution in [3.8, 4) is 49.8 Å². The summed E-state index contributed by atoms with van der Waals surface area (Å²) in [5.74, 6) is 0.823. The van der Waals surface area contributed by atoms with Gasteiger partial charge in [0.1, 0.15) is 16.0 Å². The van der Waals surface area contributed by atoms with Crippen molar-refractivity contribution in [1.29, 1.82) is 0 Å². The van der Waals surface area contributed by atoms with E-state index in [1.165, 1.54) is 65.3 Å². The van der Waals surface area contributed by atoms with Crippen molar-refractivity contribution in [2.75, 3.05) is 0 Å². The molecule has 0 spiro atoms. The average Bonchev–Trinajstić information content (AvgIpc) is 3.87. The van der Waals surface area contributed by atoms with Crippen LogP contribution in [-0.4, -0.2) is 14.5 Å². The van der Waals surface area contributed by atoms with E-state index in [1.807, 2.05) is 0 Å². The summed E-state index contributed by atoms with van der Waals surface area (Å²) >= 11 is 1.72. The van der Waals surface area contributed by atoms with Crippen LogP contribution in [0.25, 0.3) is 114 Å². The molecule has 0 aliphatic heterocycles. The van der Waals surface area contributed by atoms with E-state index in [-0.39, 0.29) is 0 Å². The second-order valence-electron chi connectivity index (χ2n) is 15.7. The summed E-state index contributed by atoms with van der Waals surface area (Å²) in [6.07, 6.45) is 0. The molecule has 282 valence electrons. The van der Waals surface area contributed by atoms with Gasteiger partial charge in [0.05, 0.1) is 11.0 Å². The Morgan fingerprint density at radius 3 is 1.72 bits per heavy atom. The van der Waals surface area contributed by atoms with Gasteiger partial charge in [-0.3, -0.25) is 4.57 Å². The molecule has 0 aliphatic carbocycles. The molecule has 3 heterocycles. The topological polar surface area (TPSA) is 30.7 Å². The first kappa shape index (κ1) is 34.6. The molecule has 0 atom stereocenters. The van der Waals surface area contributed by atoms with Crippen molar-refractivity contribution >= 4 is 75.8 Å². The Morgan fingerprint density at radius 1 is 0.433 bits per heavy atom. The van der Waals surface area contributed by atoms with E-state index in [2.05, 4.69) is 206 Å². The predicted octanol–water partition coefficient (Wildman–Crippen LogP) is 15.5. The van der Waals surface area contributed by atoms with Gasteiger partial charge in [0.25, 0.3) is 0 Å². The summed E-state index contributed by atoms with van der Waals surface area (Å²) < 4.78 is 2.44. The standard InChI is InChI=1S/C56H37N3S/c1-34-41-26-14-12-18-36(41)30-32-42(34)47-35(2)53-50(45-29-17-16-28-44(45)47)49-43-27-15-13-19-37(43)31-33-46(49)59(53)55-51(39-22-8-4-9-23-39)57-52-48(38-20-6-3-7-21-38)54(60-56(52)58-55)40-24-10-5-11-25-40/h3-33H,1-2H3. The lowest BCUT2D eigenvalue weighted by Gasteiger charge is -2.19. The summed E-state index contributed by atoms with van der Waals surface area (Å²) in [7, 11) is 0. The molecular weight excluding hydrogens is 747 g/mol. The molecule has 12 rings (SSSR count). The maximum absolute atomic E-state index is 5.81. The molecule has 0 amide bonds. The smallest absolute Gasteiger partial charge is 0.166 e. The van der Waals surface area contributed by atoms with E-state index in [9.17, 15) is 0 Å². The molecule has 0 fully saturated rings. The van der Waals surface area contributed by atoms with Crippen LogP contribution in [-0.2, 0) is 0 Å². The number of hydrogen-bond acceptors (Lipinski definition) is 3. The Morgan fingerprint density at radius 2 is 1.00 bits per heavy atom. The van der Waals surface area contributed by atoms with Crippen LogP contribution in [0.2, 0.25) is 0 Å². The van der Waals surface area contributed by atoms with Gasteiger partial charge < -0.3 is 0 Å². The summed E-state index contributed by atoms with van der Waals surface area (Å²) in [4.78, 5) is 13.6. The lowest BCUT2D eigenvalue weighted by molar-refractivity contribution is 1.08. The number of thiophene rings is 1. The minimum absolute atomic E-state index is 0.823. The molecule has 4 heteroatoms. The van der Waals surface area contributed by atoms with E-state index in [0.29, 0.717) is 0 Å². The molecular formula is C56H37N3S. The highest BCUT2D eigenvalue weighted by atomic mass is 32.1. The van der Waals surface area contributed by atoms with Gasteiger partial charge in [-0.2, -0.15) is 0 Å². The van der Waals surface area contributed by atoms with Crippen LogP contribution in [0, 0.1) is 13.8 Å². The van der Waals surface area contributed by atoms with Crippen molar-refractivity contribution in [2.45, 2.75) is 13.8 Å². The predicted molar refractivity (Wildman–Crippen MR) is 255 cm³/mol. The van der Waals surface area contributed by atoms with Gasteiger partial charge in [-0.1, -0.05) is 182 Å². The van der Waals surface area contributed by atoms with Gasteiger partial charge >= 0.3 is 0 Å². The Balaban J connectivity index is 1.29. The third-order valence-electron chi connectivity index (χ3n) is 12.4. The average molecular weight is 784 g/mol. The molecule has 0 aliphatic rings. The van der Waals surface area contributed by atoms with E-state index in [0.717, 1.165) is 60.0 Å². The zero-order valence-corrected chi connectivity index (χ0v) is 34.0. The largest absolute Gasteiger partial charge is 0.292 e. The van der Waals surface area contributed by atoms with Crippen molar-refractivity contribution in [3.05, 3.63) is 199 Å². The third kappa shape index (κ3) is 5.14. The first-order chi connectivity index (χ1) is 29.6. The molecule has 0 radical (unpaired) electrons. The van der Waals surface area contributed by atoms with Gasteiger partial charge in [0.2, 0.25) is 0 Å². The first-order valence-electron chi connectivity index (χ1n) is 20.5. The molecule has 3 nitrogen and oxygen atoms in total. The zero-order valence-electron chi connectivity index (χ0n) is 33.1. The maximum Gasteiger partial charge on any atom is 0.166 e. The number of rotatable bonds is 5. The Kier molecular flexibility index (Phi) is 7.84. The molecule has 0 N–H and O–H groups in total. The number of aromatic nitrogens is 3. The van der Waals surface area contributed by atoms with Crippen molar-refractivity contribution in [3.63, 3.8) is 0 Å². The number of nitrogens with zero attached hydrogens (tertiary/aromatic N) is 3. The van der Waals surface area contributed by atoms with Crippen LogP contribution < -0.4 is 0 Å². The van der Waals surface area contributed by atoms with Crippen LogP contribution in [0.15, 0.2) is 188 Å². The summed E-state index contributed by atoms with van der Waals surface area (Å²) in [5.41, 5.74) is 13.4. The van der Waals surface area contributed by atoms with Crippen molar-refractivity contribution in [1.82, 2.24) is 14.5 Å². The maximum atomic E-state index is 5.81. The van der Waals surface area contributed by atoms with Gasteiger partial charge in [-0.05, 0) is 85.6 Å². The monoisotopic (exact) mass is 783 g/mol. The fraction of sp³-hybridized carbons (Fsp3) is 0.0357. The van der Waals surface area contributed by atoms with Crippen molar-refractivity contribution < 1.29 is 0 Å². The first-order valence-corrected chi connectivity index (χ1v) is 21.3. The molecule has 60 heavy (non-hydrogen) atoms. The molecule has 0 saturated carbocycles. The fourth-order valence-electron chi connectivity index (χ4n) is 9.69. The van der Waals surface area contributed by atoms with E-state index in [4.69, 9.17) is 9.97 Å².